The van der Waals surface area contributed by atoms with Gasteiger partial charge in [-0.3, -0.25) is 9.36 Å². The third kappa shape index (κ3) is 5.72. The number of aromatic nitrogens is 4. The van der Waals surface area contributed by atoms with Crippen LogP contribution in [0.1, 0.15) is 31.1 Å². The van der Waals surface area contributed by atoms with Gasteiger partial charge in [-0.1, -0.05) is 55.0 Å². The smallest absolute Gasteiger partial charge is 0.262 e. The molecule has 0 aliphatic rings. The highest BCUT2D eigenvalue weighted by Crippen LogP contribution is 2.22. The maximum Gasteiger partial charge on any atom is 0.262 e. The Hall–Kier alpha value is -3.02. The Balaban J connectivity index is 1.58. The third-order valence-corrected chi connectivity index (χ3v) is 7.02. The molecule has 0 amide bonds. The number of hydrogen-bond donors (Lipinski definition) is 1. The van der Waals surface area contributed by atoms with Crippen LogP contribution in [0.2, 0.25) is 0 Å². The van der Waals surface area contributed by atoms with Gasteiger partial charge in [-0.25, -0.2) is 18.5 Å². The van der Waals surface area contributed by atoms with Gasteiger partial charge in [0.05, 0.1) is 21.6 Å². The van der Waals surface area contributed by atoms with Crippen LogP contribution in [-0.4, -0.2) is 28.1 Å². The molecule has 4 rings (SSSR count). The van der Waals surface area contributed by atoms with Crippen molar-refractivity contribution in [1.82, 2.24) is 19.7 Å². The molecule has 9 nitrogen and oxygen atoms in total. The Morgan fingerprint density at radius 1 is 1.09 bits per heavy atom. The van der Waals surface area contributed by atoms with E-state index in [1.54, 1.807) is 22.8 Å². The van der Waals surface area contributed by atoms with Crippen LogP contribution in [0.25, 0.3) is 10.9 Å². The van der Waals surface area contributed by atoms with Crippen molar-refractivity contribution in [2.45, 2.75) is 49.0 Å². The highest BCUT2D eigenvalue weighted by atomic mass is 32.2. The molecule has 2 heterocycles. The average Bonchev–Trinajstić information content (AvgIpc) is 3.23. The lowest BCUT2D eigenvalue weighted by Crippen LogP contribution is -2.24. The summed E-state index contributed by atoms with van der Waals surface area (Å²) < 4.78 is 30.0. The molecule has 0 saturated heterocycles. The maximum absolute atomic E-state index is 13.3. The summed E-state index contributed by atoms with van der Waals surface area (Å²) in [5.74, 6) is 1.95. The number of benzene rings is 2. The van der Waals surface area contributed by atoms with Gasteiger partial charge in [0.15, 0.2) is 11.0 Å². The van der Waals surface area contributed by atoms with Crippen molar-refractivity contribution < 1.29 is 12.9 Å². The summed E-state index contributed by atoms with van der Waals surface area (Å²) in [4.78, 5) is 22.4. The fraction of sp³-hybridized carbons (Fsp3) is 0.304. The molecule has 11 heteroatoms. The molecule has 0 aliphatic carbocycles. The Morgan fingerprint density at radius 2 is 1.82 bits per heavy atom. The second-order valence-electron chi connectivity index (χ2n) is 8.30. The predicted octanol–water partition coefficient (Wildman–Crippen LogP) is 3.16. The molecule has 0 aliphatic heterocycles. The molecule has 0 fully saturated rings. The van der Waals surface area contributed by atoms with Gasteiger partial charge in [-0.05, 0) is 42.2 Å². The Morgan fingerprint density at radius 3 is 2.53 bits per heavy atom. The van der Waals surface area contributed by atoms with Gasteiger partial charge in [-0.2, -0.15) is 4.98 Å². The SMILES string of the molecule is CC(C)Cc1noc(CSc2nc3ccccc3c(=O)n2CCc2ccc(S(N)(=O)=O)cc2)n1. The molecular formula is C23H25N5O4S2. The quantitative estimate of drug-likeness (QED) is 0.274. The molecule has 0 atom stereocenters. The van der Waals surface area contributed by atoms with Crippen LogP contribution in [0, 0.1) is 5.92 Å². The van der Waals surface area contributed by atoms with Crippen molar-refractivity contribution in [2.24, 2.45) is 11.1 Å². The minimum atomic E-state index is -3.75. The molecule has 0 radical (unpaired) electrons. The Bertz CT molecular complexity index is 1460. The van der Waals surface area contributed by atoms with E-state index in [4.69, 9.17) is 14.6 Å². The number of nitrogens with zero attached hydrogens (tertiary/aromatic N) is 4. The number of nitrogens with two attached hydrogens (primary N) is 1. The lowest BCUT2D eigenvalue weighted by Gasteiger charge is -2.13. The molecule has 4 aromatic rings. The van der Waals surface area contributed by atoms with E-state index in [0.29, 0.717) is 52.4 Å². The highest BCUT2D eigenvalue weighted by molar-refractivity contribution is 7.98. The van der Waals surface area contributed by atoms with Crippen LogP contribution >= 0.6 is 11.8 Å². The van der Waals surface area contributed by atoms with E-state index in [-0.39, 0.29) is 10.5 Å². The zero-order valence-corrected chi connectivity index (χ0v) is 20.5. The molecule has 0 spiro atoms. The molecule has 2 aromatic heterocycles. The zero-order valence-electron chi connectivity index (χ0n) is 18.8. The van der Waals surface area contributed by atoms with Gasteiger partial charge in [0, 0.05) is 13.0 Å². The van der Waals surface area contributed by atoms with Gasteiger partial charge in [0.2, 0.25) is 15.9 Å². The second kappa shape index (κ2) is 10.1. The summed E-state index contributed by atoms with van der Waals surface area (Å²) in [5.41, 5.74) is 1.36. The molecule has 0 bridgehead atoms. The minimum absolute atomic E-state index is 0.0495. The third-order valence-electron chi connectivity index (χ3n) is 5.13. The monoisotopic (exact) mass is 499 g/mol. The number of rotatable bonds is 9. The highest BCUT2D eigenvalue weighted by Gasteiger charge is 2.15. The van der Waals surface area contributed by atoms with Crippen LogP contribution in [0.4, 0.5) is 0 Å². The minimum Gasteiger partial charge on any atom is -0.338 e. The Labute approximate surface area is 201 Å². The molecule has 0 unspecified atom stereocenters. The number of aryl methyl sites for hydroxylation is 1. The fourth-order valence-corrected chi connectivity index (χ4v) is 4.84. The second-order valence-corrected chi connectivity index (χ2v) is 10.8. The van der Waals surface area contributed by atoms with Crippen LogP contribution in [0.3, 0.4) is 0 Å². The first-order valence-corrected chi connectivity index (χ1v) is 13.3. The van der Waals surface area contributed by atoms with Crippen molar-refractivity contribution in [2.75, 3.05) is 0 Å². The first-order chi connectivity index (χ1) is 16.2. The fourth-order valence-electron chi connectivity index (χ4n) is 3.46. The van der Waals surface area contributed by atoms with Crippen LogP contribution in [0.5, 0.6) is 0 Å². The lowest BCUT2D eigenvalue weighted by molar-refractivity contribution is 0.382. The number of sulfonamides is 1. The summed E-state index contributed by atoms with van der Waals surface area (Å²) in [5, 5.41) is 10.3. The van der Waals surface area contributed by atoms with E-state index in [1.807, 2.05) is 18.2 Å². The normalized spacial score (nSPS) is 12.0. The van der Waals surface area contributed by atoms with Gasteiger partial charge < -0.3 is 4.52 Å². The van der Waals surface area contributed by atoms with Crippen molar-refractivity contribution >= 4 is 32.7 Å². The lowest BCUT2D eigenvalue weighted by atomic mass is 10.1. The molecule has 2 N–H and O–H groups in total. The number of para-hydroxylation sites is 1. The molecule has 178 valence electrons. The number of thioether (sulfide) groups is 1. The van der Waals surface area contributed by atoms with Crippen molar-refractivity contribution in [3.63, 3.8) is 0 Å². The first kappa shape index (κ1) is 24.1. The molecule has 2 aromatic carbocycles. The van der Waals surface area contributed by atoms with Gasteiger partial charge in [-0.15, -0.1) is 0 Å². The largest absolute Gasteiger partial charge is 0.338 e. The summed E-state index contributed by atoms with van der Waals surface area (Å²) in [7, 11) is -3.75. The van der Waals surface area contributed by atoms with Crippen LogP contribution in [0.15, 0.2) is 67.9 Å². The van der Waals surface area contributed by atoms with Crippen LogP contribution < -0.4 is 10.7 Å². The summed E-state index contributed by atoms with van der Waals surface area (Å²) in [6, 6.07) is 13.5. The Kier molecular flexibility index (Phi) is 7.15. The van der Waals surface area contributed by atoms with E-state index in [9.17, 15) is 13.2 Å². The summed E-state index contributed by atoms with van der Waals surface area (Å²) in [6.45, 7) is 4.55. The van der Waals surface area contributed by atoms with E-state index in [2.05, 4.69) is 24.0 Å². The van der Waals surface area contributed by atoms with Crippen molar-refractivity contribution in [3.05, 3.63) is 76.2 Å². The molecule has 34 heavy (non-hydrogen) atoms. The molecule has 0 saturated carbocycles. The first-order valence-electron chi connectivity index (χ1n) is 10.8. The maximum atomic E-state index is 13.3. The number of fused-ring (bicyclic) bond motifs is 1. The van der Waals surface area contributed by atoms with E-state index in [1.165, 1.54) is 23.9 Å². The average molecular weight is 500 g/mol. The predicted molar refractivity (Wildman–Crippen MR) is 130 cm³/mol. The van der Waals surface area contributed by atoms with E-state index < -0.39 is 10.0 Å². The van der Waals surface area contributed by atoms with Gasteiger partial charge in [0.25, 0.3) is 5.56 Å². The summed E-state index contributed by atoms with van der Waals surface area (Å²) >= 11 is 1.36. The number of hydrogen-bond acceptors (Lipinski definition) is 8. The van der Waals surface area contributed by atoms with E-state index in [0.717, 1.165) is 12.0 Å². The van der Waals surface area contributed by atoms with Gasteiger partial charge >= 0.3 is 0 Å². The van der Waals surface area contributed by atoms with Gasteiger partial charge in [0.1, 0.15) is 0 Å². The van der Waals surface area contributed by atoms with Crippen LogP contribution in [-0.2, 0) is 35.2 Å². The summed E-state index contributed by atoms with van der Waals surface area (Å²) in [6.07, 6.45) is 1.24. The molecular weight excluding hydrogens is 474 g/mol. The van der Waals surface area contributed by atoms with Crippen molar-refractivity contribution in [1.29, 1.82) is 0 Å². The van der Waals surface area contributed by atoms with E-state index >= 15 is 0 Å². The zero-order chi connectivity index (χ0) is 24.3. The number of primary sulfonamides is 1. The van der Waals surface area contributed by atoms with Crippen molar-refractivity contribution in [3.8, 4) is 0 Å². The standard InChI is InChI=1S/C23H25N5O4S2/c1-15(2)13-20-26-21(32-27-20)14-33-23-25-19-6-4-3-5-18(19)22(29)28(23)12-11-16-7-9-17(10-8-16)34(24,30)31/h3-10,15H,11-14H2,1-2H3,(H2,24,30,31). The topological polar surface area (TPSA) is 134 Å².